The molecule has 4 aliphatic rings. The van der Waals surface area contributed by atoms with Gasteiger partial charge in [0, 0.05) is 0 Å². The molecule has 0 atom stereocenters. The van der Waals surface area contributed by atoms with Crippen molar-refractivity contribution < 1.29 is 0 Å². The molecule has 0 aromatic heterocycles. The SMILES string of the molecule is C.C.C.C.C.CN1CCC(CC2CCN(C)CC2)CC1.CN1CCC(CC2CCN(C)CC2)CC1. The van der Waals surface area contributed by atoms with Crippen LogP contribution in [-0.2, 0) is 0 Å². The number of hydrogen-bond donors (Lipinski definition) is 0. The maximum Gasteiger partial charge on any atom is -0.00191 e. The highest BCUT2D eigenvalue weighted by Gasteiger charge is 2.24. The van der Waals surface area contributed by atoms with Crippen molar-refractivity contribution in [3.05, 3.63) is 0 Å². The maximum atomic E-state index is 2.48. The Kier molecular flexibility index (Phi) is 23.4. The molecule has 4 saturated heterocycles. The Morgan fingerprint density at radius 1 is 0.343 bits per heavy atom. The van der Waals surface area contributed by atoms with Gasteiger partial charge in [-0.3, -0.25) is 0 Å². The lowest BCUT2D eigenvalue weighted by molar-refractivity contribution is 0.156. The molecule has 4 fully saturated rings. The molecule has 0 aromatic rings. The first-order valence-corrected chi connectivity index (χ1v) is 13.2. The Morgan fingerprint density at radius 2 is 0.486 bits per heavy atom. The van der Waals surface area contributed by atoms with Crippen molar-refractivity contribution in [3.63, 3.8) is 0 Å². The Labute approximate surface area is 225 Å². The quantitative estimate of drug-likeness (QED) is 0.401. The minimum atomic E-state index is 0. The van der Waals surface area contributed by atoms with Gasteiger partial charge in [0.05, 0.1) is 0 Å². The molecule has 0 unspecified atom stereocenters. The Morgan fingerprint density at radius 3 is 0.629 bits per heavy atom. The molecule has 0 spiro atoms. The van der Waals surface area contributed by atoms with Crippen molar-refractivity contribution >= 4 is 0 Å². The minimum Gasteiger partial charge on any atom is -0.306 e. The van der Waals surface area contributed by atoms with Gasteiger partial charge in [0.15, 0.2) is 0 Å². The van der Waals surface area contributed by atoms with E-state index in [2.05, 4.69) is 47.8 Å². The van der Waals surface area contributed by atoms with Crippen molar-refractivity contribution in [2.45, 2.75) is 101 Å². The summed E-state index contributed by atoms with van der Waals surface area (Å²) in [5.74, 6) is 4.15. The largest absolute Gasteiger partial charge is 0.306 e. The van der Waals surface area contributed by atoms with Crippen LogP contribution in [0.3, 0.4) is 0 Å². The molecule has 4 heteroatoms. The molecular formula is C31H72N4. The summed E-state index contributed by atoms with van der Waals surface area (Å²) < 4.78 is 0. The third-order valence-corrected chi connectivity index (χ3v) is 8.69. The van der Waals surface area contributed by atoms with Crippen LogP contribution in [-0.4, -0.2) is 100 Å². The van der Waals surface area contributed by atoms with Gasteiger partial charge in [-0.1, -0.05) is 37.1 Å². The van der Waals surface area contributed by atoms with Crippen molar-refractivity contribution in [1.82, 2.24) is 19.6 Å². The second-order valence-corrected chi connectivity index (χ2v) is 11.5. The summed E-state index contributed by atoms with van der Waals surface area (Å²) >= 11 is 0. The van der Waals surface area contributed by atoms with E-state index in [1.54, 1.807) is 0 Å². The molecule has 216 valence electrons. The van der Waals surface area contributed by atoms with E-state index in [1.807, 2.05) is 0 Å². The monoisotopic (exact) mass is 501 g/mol. The normalized spacial score (nSPS) is 24.3. The van der Waals surface area contributed by atoms with Gasteiger partial charge >= 0.3 is 0 Å². The fourth-order valence-electron chi connectivity index (χ4n) is 6.13. The Bertz CT molecular complexity index is 357. The zero-order chi connectivity index (χ0) is 21.3. The van der Waals surface area contributed by atoms with Crippen LogP contribution in [0.25, 0.3) is 0 Å². The summed E-state index contributed by atoms with van der Waals surface area (Å²) in [6.07, 6.45) is 14.6. The van der Waals surface area contributed by atoms with E-state index in [9.17, 15) is 0 Å². The highest BCUT2D eigenvalue weighted by Crippen LogP contribution is 2.30. The van der Waals surface area contributed by atoms with Gasteiger partial charge in [0.1, 0.15) is 0 Å². The first-order valence-electron chi connectivity index (χ1n) is 13.2. The van der Waals surface area contributed by atoms with Crippen molar-refractivity contribution in [2.75, 3.05) is 80.5 Å². The average Bonchev–Trinajstić information content (AvgIpc) is 2.75. The van der Waals surface area contributed by atoms with Gasteiger partial charge in [0.2, 0.25) is 0 Å². The molecule has 0 amide bonds. The second kappa shape index (κ2) is 20.8. The first-order chi connectivity index (χ1) is 14.5. The summed E-state index contributed by atoms with van der Waals surface area (Å²) in [6.45, 7) is 10.6. The summed E-state index contributed by atoms with van der Waals surface area (Å²) in [5, 5.41) is 0. The van der Waals surface area contributed by atoms with Crippen LogP contribution in [0.15, 0.2) is 0 Å². The number of likely N-dealkylation sites (tertiary alicyclic amines) is 4. The zero-order valence-corrected chi connectivity index (χ0v) is 20.8. The summed E-state index contributed by atoms with van der Waals surface area (Å²) in [5.41, 5.74) is 0. The van der Waals surface area contributed by atoms with Crippen LogP contribution in [0, 0.1) is 23.7 Å². The van der Waals surface area contributed by atoms with E-state index in [0.29, 0.717) is 0 Å². The lowest BCUT2D eigenvalue weighted by Crippen LogP contribution is -2.34. The molecule has 4 nitrogen and oxygen atoms in total. The van der Waals surface area contributed by atoms with Crippen molar-refractivity contribution in [3.8, 4) is 0 Å². The predicted molar refractivity (Wildman–Crippen MR) is 164 cm³/mol. The van der Waals surface area contributed by atoms with Gasteiger partial charge in [-0.05, 0) is 168 Å². The van der Waals surface area contributed by atoms with Crippen LogP contribution < -0.4 is 0 Å². The van der Waals surface area contributed by atoms with Gasteiger partial charge in [0.25, 0.3) is 0 Å². The Hall–Kier alpha value is -0.160. The number of nitrogens with zero attached hydrogens (tertiary/aromatic N) is 4. The first kappa shape index (κ1) is 39.4. The van der Waals surface area contributed by atoms with Crippen molar-refractivity contribution in [2.24, 2.45) is 23.7 Å². The molecule has 0 aromatic carbocycles. The molecule has 0 radical (unpaired) electrons. The van der Waals surface area contributed by atoms with Gasteiger partial charge in [-0.15, -0.1) is 0 Å². The molecule has 0 N–H and O–H groups in total. The Balaban J connectivity index is -0.000000512. The molecule has 0 saturated carbocycles. The molecule has 4 aliphatic heterocycles. The van der Waals surface area contributed by atoms with E-state index in [4.69, 9.17) is 0 Å². The lowest BCUT2D eigenvalue weighted by atomic mass is 9.83. The standard InChI is InChI=1S/2C13H26N2.5CH4/c2*1-14-7-3-12(4-8-14)11-13-5-9-15(2)10-6-13;;;;;/h2*12-13H,3-11H2,1-2H3;5*1H4. The molecule has 0 bridgehead atoms. The lowest BCUT2D eigenvalue weighted by Gasteiger charge is -2.34. The molecule has 35 heavy (non-hydrogen) atoms. The fraction of sp³-hybridized carbons (Fsp3) is 1.00. The number of piperidine rings is 4. The van der Waals surface area contributed by atoms with E-state index in [0.717, 1.165) is 23.7 Å². The average molecular weight is 501 g/mol. The summed E-state index contributed by atoms with van der Waals surface area (Å²) in [4.78, 5) is 9.91. The topological polar surface area (TPSA) is 13.0 Å². The van der Waals surface area contributed by atoms with Gasteiger partial charge in [-0.25, -0.2) is 0 Å². The minimum absolute atomic E-state index is 0. The number of rotatable bonds is 4. The maximum absolute atomic E-state index is 2.48. The highest BCUT2D eigenvalue weighted by atomic mass is 15.1. The zero-order valence-electron chi connectivity index (χ0n) is 20.8. The summed E-state index contributed by atoms with van der Waals surface area (Å²) in [7, 11) is 9.02. The van der Waals surface area contributed by atoms with E-state index in [-0.39, 0.29) is 37.1 Å². The third-order valence-electron chi connectivity index (χ3n) is 8.69. The van der Waals surface area contributed by atoms with Crippen LogP contribution in [0.2, 0.25) is 0 Å². The van der Waals surface area contributed by atoms with E-state index >= 15 is 0 Å². The predicted octanol–water partition coefficient (Wildman–Crippen LogP) is 7.30. The van der Waals surface area contributed by atoms with E-state index < -0.39 is 0 Å². The van der Waals surface area contributed by atoms with E-state index in [1.165, 1.54) is 117 Å². The van der Waals surface area contributed by atoms with Crippen LogP contribution in [0.1, 0.15) is 101 Å². The third kappa shape index (κ3) is 15.0. The second-order valence-electron chi connectivity index (χ2n) is 11.5. The van der Waals surface area contributed by atoms with Gasteiger partial charge in [-0.2, -0.15) is 0 Å². The summed E-state index contributed by atoms with van der Waals surface area (Å²) in [6, 6.07) is 0. The smallest absolute Gasteiger partial charge is 0.00191 e. The molecule has 4 heterocycles. The molecular weight excluding hydrogens is 428 g/mol. The van der Waals surface area contributed by atoms with Gasteiger partial charge < -0.3 is 19.6 Å². The molecule has 4 rings (SSSR count). The van der Waals surface area contributed by atoms with Crippen LogP contribution >= 0.6 is 0 Å². The van der Waals surface area contributed by atoms with Crippen LogP contribution in [0.5, 0.6) is 0 Å². The molecule has 0 aliphatic carbocycles. The highest BCUT2D eigenvalue weighted by molar-refractivity contribution is 4.78. The fourth-order valence-corrected chi connectivity index (χ4v) is 6.13. The van der Waals surface area contributed by atoms with Crippen LogP contribution in [0.4, 0.5) is 0 Å². The number of hydrogen-bond acceptors (Lipinski definition) is 4. The van der Waals surface area contributed by atoms with Crippen molar-refractivity contribution in [1.29, 1.82) is 0 Å².